The molecule has 3 N–H and O–H groups in total. The summed E-state index contributed by atoms with van der Waals surface area (Å²) in [6, 6.07) is 13.5. The van der Waals surface area contributed by atoms with Crippen molar-refractivity contribution in [1.29, 1.82) is 0 Å². The minimum atomic E-state index is 0.223. The summed E-state index contributed by atoms with van der Waals surface area (Å²) in [5.74, 6) is 1.49. The summed E-state index contributed by atoms with van der Waals surface area (Å²) in [5.41, 5.74) is 3.81. The molecule has 228 valence electrons. The number of nitrogens with zero attached hydrogens (tertiary/aromatic N) is 6. The van der Waals surface area contributed by atoms with Crippen LogP contribution in [-0.4, -0.2) is 113 Å². The third-order valence-electron chi connectivity index (χ3n) is 11.4. The van der Waals surface area contributed by atoms with Crippen LogP contribution in [0.1, 0.15) is 61.0 Å². The number of hydrogen-bond acceptors (Lipinski definition) is 9. The Bertz CT molecular complexity index is 1190. The third kappa shape index (κ3) is 5.02. The lowest BCUT2D eigenvalue weighted by molar-refractivity contribution is -0.0335. The summed E-state index contributed by atoms with van der Waals surface area (Å²) in [4.78, 5) is 8.34. The molecular weight excluding hydrogens is 526 g/mol. The predicted molar refractivity (Wildman–Crippen MR) is 162 cm³/mol. The normalized spacial score (nSPS) is 36.0. The van der Waals surface area contributed by atoms with Crippen LogP contribution in [0.2, 0.25) is 0 Å². The molecule has 5 saturated heterocycles. The van der Waals surface area contributed by atoms with Gasteiger partial charge < -0.3 is 10.1 Å². The molecule has 1 saturated carbocycles. The molecule has 42 heavy (non-hydrogen) atoms. The van der Waals surface area contributed by atoms with Crippen LogP contribution in [0.5, 0.6) is 0 Å². The van der Waals surface area contributed by atoms with Gasteiger partial charge in [-0.25, -0.2) is 0 Å². The van der Waals surface area contributed by atoms with Crippen LogP contribution in [0, 0.1) is 18.8 Å². The molecule has 1 aliphatic carbocycles. The monoisotopic (exact) mass is 575 g/mol. The number of hydrogen-bond donors (Lipinski definition) is 3. The molecule has 1 aromatic heterocycles. The second kappa shape index (κ2) is 11.5. The van der Waals surface area contributed by atoms with Crippen LogP contribution in [0.3, 0.4) is 0 Å². The van der Waals surface area contributed by atoms with E-state index in [-0.39, 0.29) is 6.29 Å². The highest BCUT2D eigenvalue weighted by Crippen LogP contribution is 2.47. The molecule has 8 rings (SSSR count). The Kier molecular flexibility index (Phi) is 7.59. The number of aromatic nitrogens is 3. The molecule has 1 aromatic carbocycles. The molecule has 0 amide bonds. The fourth-order valence-electron chi connectivity index (χ4n) is 9.24. The summed E-state index contributed by atoms with van der Waals surface area (Å²) < 4.78 is 7.91. The van der Waals surface area contributed by atoms with E-state index in [0.717, 1.165) is 70.4 Å². The first-order valence-electron chi connectivity index (χ1n) is 16.6. The minimum absolute atomic E-state index is 0.223. The van der Waals surface area contributed by atoms with Crippen LogP contribution >= 0.6 is 0 Å². The van der Waals surface area contributed by atoms with Gasteiger partial charge in [0.1, 0.15) is 6.29 Å². The van der Waals surface area contributed by atoms with Gasteiger partial charge in [-0.1, -0.05) is 35.5 Å². The second-order valence-electron chi connectivity index (χ2n) is 13.8. The second-order valence-corrected chi connectivity index (χ2v) is 13.8. The summed E-state index contributed by atoms with van der Waals surface area (Å²) in [6.45, 7) is 10.6. The minimum Gasteiger partial charge on any atom is -0.381 e. The third-order valence-corrected chi connectivity index (χ3v) is 11.4. The number of likely N-dealkylation sites (tertiary alicyclic amines) is 1. The van der Waals surface area contributed by atoms with Crippen molar-refractivity contribution < 1.29 is 4.74 Å². The van der Waals surface area contributed by atoms with Gasteiger partial charge in [0.15, 0.2) is 0 Å². The maximum atomic E-state index is 5.90. The summed E-state index contributed by atoms with van der Waals surface area (Å²) in [5, 5.41) is 21.1. The van der Waals surface area contributed by atoms with E-state index < -0.39 is 0 Å². The number of rotatable bonds is 6. The van der Waals surface area contributed by atoms with Gasteiger partial charge in [-0.15, -0.1) is 5.10 Å². The zero-order chi connectivity index (χ0) is 28.2. The van der Waals surface area contributed by atoms with Gasteiger partial charge in [-0.05, 0) is 50.5 Å². The Hall–Kier alpha value is -1.92. The van der Waals surface area contributed by atoms with Crippen molar-refractivity contribution in [3.63, 3.8) is 0 Å². The van der Waals surface area contributed by atoms with E-state index in [1.165, 1.54) is 37.2 Å². The highest BCUT2D eigenvalue weighted by atomic mass is 16.5. The fourth-order valence-corrected chi connectivity index (χ4v) is 9.24. The smallest absolute Gasteiger partial charge is 0.115 e. The van der Waals surface area contributed by atoms with Crippen molar-refractivity contribution in [1.82, 2.24) is 45.6 Å². The molecule has 6 heterocycles. The summed E-state index contributed by atoms with van der Waals surface area (Å²) >= 11 is 0. The summed E-state index contributed by atoms with van der Waals surface area (Å²) in [7, 11) is 2.06. The largest absolute Gasteiger partial charge is 0.381 e. The molecule has 6 unspecified atom stereocenters. The summed E-state index contributed by atoms with van der Waals surface area (Å²) in [6.07, 6.45) is 6.71. The number of ether oxygens (including phenoxy) is 1. The quantitative estimate of drug-likeness (QED) is 0.476. The molecular formula is C32H49N9O. The van der Waals surface area contributed by atoms with Crippen molar-refractivity contribution >= 4 is 0 Å². The van der Waals surface area contributed by atoms with Gasteiger partial charge in [0.05, 0.1) is 17.6 Å². The van der Waals surface area contributed by atoms with Gasteiger partial charge in [-0.3, -0.25) is 30.0 Å². The van der Waals surface area contributed by atoms with E-state index in [1.807, 2.05) is 4.68 Å². The van der Waals surface area contributed by atoms with Crippen LogP contribution in [0.4, 0.5) is 0 Å². The molecule has 0 bridgehead atoms. The fraction of sp³-hybridized carbons (Fsp3) is 0.750. The first kappa shape index (κ1) is 27.6. The molecule has 6 aliphatic rings. The van der Waals surface area contributed by atoms with E-state index in [0.29, 0.717) is 42.0 Å². The van der Waals surface area contributed by atoms with E-state index in [2.05, 4.69) is 85.3 Å². The average molecular weight is 576 g/mol. The molecule has 6 fully saturated rings. The van der Waals surface area contributed by atoms with E-state index >= 15 is 0 Å². The molecule has 0 radical (unpaired) electrons. The molecule has 10 nitrogen and oxygen atoms in total. The molecule has 0 spiro atoms. The van der Waals surface area contributed by atoms with Crippen LogP contribution in [-0.2, 0) is 11.8 Å². The maximum absolute atomic E-state index is 5.90. The topological polar surface area (TPSA) is 85.8 Å². The van der Waals surface area contributed by atoms with Gasteiger partial charge >= 0.3 is 0 Å². The number of piperazine rings is 1. The first-order chi connectivity index (χ1) is 20.7. The van der Waals surface area contributed by atoms with Gasteiger partial charge in [0.2, 0.25) is 0 Å². The molecule has 7 atom stereocenters. The van der Waals surface area contributed by atoms with E-state index in [9.17, 15) is 0 Å². The van der Waals surface area contributed by atoms with Crippen molar-refractivity contribution in [2.45, 2.75) is 81.6 Å². The first-order valence-corrected chi connectivity index (χ1v) is 16.6. The van der Waals surface area contributed by atoms with Crippen LogP contribution in [0.15, 0.2) is 30.3 Å². The van der Waals surface area contributed by atoms with Crippen molar-refractivity contribution in [2.75, 3.05) is 52.5 Å². The number of benzene rings is 1. The van der Waals surface area contributed by atoms with Gasteiger partial charge in [0, 0.05) is 95.5 Å². The highest BCUT2D eigenvalue weighted by Gasteiger charge is 2.56. The van der Waals surface area contributed by atoms with Crippen molar-refractivity contribution in [3.8, 4) is 0 Å². The zero-order valence-corrected chi connectivity index (χ0v) is 25.4. The predicted octanol–water partition coefficient (Wildman–Crippen LogP) is 1.62. The zero-order valence-electron chi connectivity index (χ0n) is 25.4. The Morgan fingerprint density at radius 3 is 2.40 bits per heavy atom. The molecule has 5 aliphatic heterocycles. The highest BCUT2D eigenvalue weighted by molar-refractivity contribution is 5.25. The number of aryl methyl sites for hydroxylation is 2. The Morgan fingerprint density at radius 1 is 0.929 bits per heavy atom. The maximum Gasteiger partial charge on any atom is 0.115 e. The van der Waals surface area contributed by atoms with Gasteiger partial charge in [0.25, 0.3) is 0 Å². The number of fused-ring (bicyclic) bond motifs is 3. The number of nitrogens with one attached hydrogen (secondary N) is 3. The number of piperidine rings is 1. The average Bonchev–Trinajstić information content (AvgIpc) is 3.78. The van der Waals surface area contributed by atoms with E-state index in [1.54, 1.807) is 0 Å². The SMILES string of the molecule is Cc1nnn(C)c1C1CNC2C3CNC(N4CCN(C5CC5)CC4)NC3N([C@H](c3ccccc3)C3CCOCC3)C2C1. The Labute approximate surface area is 250 Å². The Balaban J connectivity index is 1.12. The molecule has 10 heteroatoms. The standard InChI is InChI=1S/C32H49N9O/c1-21-29(38(2)37-36-21)24-18-27-28(33-19-24)26-20-34-32(40-14-12-39(13-15-40)25-8-9-25)35-31(26)41(27)30(22-6-4-3-5-7-22)23-10-16-42-17-11-23/h3-7,23-28,30-35H,8-20H2,1-2H3/t24?,26?,27?,28?,30-,31?,32?/m1/s1. The lowest BCUT2D eigenvalue weighted by Gasteiger charge is -2.49. The van der Waals surface area contributed by atoms with Crippen LogP contribution < -0.4 is 16.0 Å². The van der Waals surface area contributed by atoms with Crippen LogP contribution in [0.25, 0.3) is 0 Å². The van der Waals surface area contributed by atoms with Gasteiger partial charge in [-0.2, -0.15) is 0 Å². The van der Waals surface area contributed by atoms with Crippen molar-refractivity contribution in [3.05, 3.63) is 47.3 Å². The van der Waals surface area contributed by atoms with Crippen molar-refractivity contribution in [2.24, 2.45) is 18.9 Å². The lowest BCUT2D eigenvalue weighted by atomic mass is 9.82. The molecule has 2 aromatic rings. The lowest BCUT2D eigenvalue weighted by Crippen LogP contribution is -2.69. The Morgan fingerprint density at radius 2 is 1.69 bits per heavy atom. The van der Waals surface area contributed by atoms with E-state index in [4.69, 9.17) is 4.74 Å².